The molecule has 0 radical (unpaired) electrons. The molecule has 132 valence electrons. The van der Waals surface area contributed by atoms with Crippen molar-refractivity contribution in [1.29, 1.82) is 0 Å². The Labute approximate surface area is 144 Å². The molecule has 0 aliphatic rings. The van der Waals surface area contributed by atoms with Crippen LogP contribution in [-0.2, 0) is 15.7 Å². The predicted molar refractivity (Wildman–Crippen MR) is 92.7 cm³/mol. The number of ether oxygens (including phenoxy) is 1. The maximum Gasteiger partial charge on any atom is 0.357 e. The number of thiazole rings is 1. The van der Waals surface area contributed by atoms with Crippen LogP contribution in [0.1, 0.15) is 62.6 Å². The van der Waals surface area contributed by atoms with E-state index < -0.39 is 23.1 Å². The molecule has 2 N–H and O–H groups in total. The number of aromatic nitrogens is 1. The number of hydrogen-bond donors (Lipinski definition) is 2. The number of aliphatic hydroxyl groups excluding tert-OH is 1. The SMILES string of the molecule is COC(=O)c1csc([C@H](O)C[C@@H](N[S@@](=O)C(C)(C)C)C(C)C)n1. The number of esters is 1. The summed E-state index contributed by atoms with van der Waals surface area (Å²) in [6.45, 7) is 9.70. The summed E-state index contributed by atoms with van der Waals surface area (Å²) in [7, 11) is 0.0734. The Kier molecular flexibility index (Phi) is 7.31. The van der Waals surface area contributed by atoms with Crippen molar-refractivity contribution in [2.24, 2.45) is 5.92 Å². The van der Waals surface area contributed by atoms with Gasteiger partial charge in [-0.05, 0) is 33.1 Å². The fourth-order valence-corrected chi connectivity index (χ4v) is 3.53. The van der Waals surface area contributed by atoms with Crippen LogP contribution in [0.15, 0.2) is 5.38 Å². The van der Waals surface area contributed by atoms with Crippen molar-refractivity contribution < 1.29 is 18.8 Å². The minimum absolute atomic E-state index is 0.129. The molecule has 8 heteroatoms. The first-order valence-corrected chi connectivity index (χ1v) is 9.49. The summed E-state index contributed by atoms with van der Waals surface area (Å²) in [4.78, 5) is 15.5. The second kappa shape index (κ2) is 8.32. The highest BCUT2D eigenvalue weighted by Gasteiger charge is 2.27. The Morgan fingerprint density at radius 3 is 2.57 bits per heavy atom. The van der Waals surface area contributed by atoms with Gasteiger partial charge in [0.05, 0.1) is 22.8 Å². The lowest BCUT2D eigenvalue weighted by Gasteiger charge is -2.27. The zero-order valence-corrected chi connectivity index (χ0v) is 16.1. The normalized spacial score (nSPS) is 16.2. The molecular weight excluding hydrogens is 336 g/mol. The summed E-state index contributed by atoms with van der Waals surface area (Å²) in [5.41, 5.74) is 0.193. The fraction of sp³-hybridized carbons (Fsp3) is 0.733. The smallest absolute Gasteiger partial charge is 0.357 e. The van der Waals surface area contributed by atoms with Gasteiger partial charge in [0, 0.05) is 11.4 Å². The number of nitrogens with one attached hydrogen (secondary N) is 1. The van der Waals surface area contributed by atoms with E-state index in [9.17, 15) is 14.1 Å². The van der Waals surface area contributed by atoms with Crippen LogP contribution in [0.4, 0.5) is 0 Å². The van der Waals surface area contributed by atoms with Gasteiger partial charge < -0.3 is 9.84 Å². The van der Waals surface area contributed by atoms with Crippen molar-refractivity contribution in [1.82, 2.24) is 9.71 Å². The number of carbonyl (C=O) groups is 1. The number of hydrogen-bond acceptors (Lipinski definition) is 6. The standard InChI is InChI=1S/C15H26N2O4S2/c1-9(2)10(17-23(20)15(3,4)5)7-12(18)13-16-11(8-22-13)14(19)21-6/h8-10,12,17-18H,7H2,1-6H3/t10-,12-,23+/m1/s1. The fourth-order valence-electron chi connectivity index (χ4n) is 1.75. The Hall–Kier alpha value is -0.830. The average molecular weight is 363 g/mol. The van der Waals surface area contributed by atoms with Gasteiger partial charge >= 0.3 is 5.97 Å². The van der Waals surface area contributed by atoms with Gasteiger partial charge in [-0.25, -0.2) is 18.7 Å². The van der Waals surface area contributed by atoms with Gasteiger partial charge in [0.25, 0.3) is 0 Å². The number of aliphatic hydroxyl groups is 1. The van der Waals surface area contributed by atoms with E-state index in [1.54, 1.807) is 5.38 Å². The van der Waals surface area contributed by atoms with Crippen LogP contribution in [0.3, 0.4) is 0 Å². The molecule has 1 rings (SSSR count). The summed E-state index contributed by atoms with van der Waals surface area (Å²) in [6.07, 6.45) is -0.455. The maximum atomic E-state index is 12.3. The third-order valence-corrected chi connectivity index (χ3v) is 5.87. The summed E-state index contributed by atoms with van der Waals surface area (Å²) < 4.78 is 19.6. The van der Waals surface area contributed by atoms with Gasteiger partial charge in [-0.2, -0.15) is 0 Å². The second-order valence-corrected chi connectivity index (χ2v) is 9.55. The Balaban J connectivity index is 2.78. The van der Waals surface area contributed by atoms with Gasteiger partial charge in [-0.1, -0.05) is 13.8 Å². The predicted octanol–water partition coefficient (Wildman–Crippen LogP) is 2.43. The summed E-state index contributed by atoms with van der Waals surface area (Å²) >= 11 is 1.21. The highest BCUT2D eigenvalue weighted by Crippen LogP contribution is 2.25. The van der Waals surface area contributed by atoms with Gasteiger partial charge in [0.1, 0.15) is 11.1 Å². The first-order valence-electron chi connectivity index (χ1n) is 7.46. The number of methoxy groups -OCH3 is 1. The largest absolute Gasteiger partial charge is 0.464 e. The van der Waals surface area contributed by atoms with Crippen LogP contribution < -0.4 is 4.72 Å². The third kappa shape index (κ3) is 5.95. The van der Waals surface area contributed by atoms with E-state index in [0.717, 1.165) is 0 Å². The molecule has 0 aliphatic carbocycles. The van der Waals surface area contributed by atoms with Crippen molar-refractivity contribution >= 4 is 28.3 Å². The summed E-state index contributed by atoms with van der Waals surface area (Å²) in [5.74, 6) is -0.330. The summed E-state index contributed by atoms with van der Waals surface area (Å²) in [6, 6.07) is -0.129. The number of nitrogens with zero attached hydrogens (tertiary/aromatic N) is 1. The average Bonchev–Trinajstić information content (AvgIpc) is 2.94. The van der Waals surface area contributed by atoms with Crippen molar-refractivity contribution in [3.05, 3.63) is 16.1 Å². The quantitative estimate of drug-likeness (QED) is 0.727. The molecule has 1 aromatic heterocycles. The second-order valence-electron chi connectivity index (χ2n) is 6.66. The van der Waals surface area contributed by atoms with E-state index in [2.05, 4.69) is 14.4 Å². The molecule has 0 saturated carbocycles. The zero-order valence-electron chi connectivity index (χ0n) is 14.5. The highest BCUT2D eigenvalue weighted by molar-refractivity contribution is 7.84. The van der Waals surface area contributed by atoms with Gasteiger partial charge in [0.2, 0.25) is 0 Å². The van der Waals surface area contributed by atoms with Crippen molar-refractivity contribution in [3.63, 3.8) is 0 Å². The molecule has 3 atom stereocenters. The Morgan fingerprint density at radius 2 is 2.09 bits per heavy atom. The number of rotatable bonds is 7. The van der Waals surface area contributed by atoms with Crippen LogP contribution in [0.25, 0.3) is 0 Å². The minimum atomic E-state index is -1.22. The molecule has 0 bridgehead atoms. The Bertz CT molecular complexity index is 552. The van der Waals surface area contributed by atoms with Crippen LogP contribution in [0.5, 0.6) is 0 Å². The monoisotopic (exact) mass is 362 g/mol. The van der Waals surface area contributed by atoms with Gasteiger partial charge in [0.15, 0.2) is 5.69 Å². The third-order valence-electron chi connectivity index (χ3n) is 3.30. The molecule has 0 aliphatic heterocycles. The van der Waals surface area contributed by atoms with Crippen molar-refractivity contribution in [3.8, 4) is 0 Å². The molecule has 1 aromatic rings. The van der Waals surface area contributed by atoms with E-state index >= 15 is 0 Å². The van der Waals surface area contributed by atoms with Gasteiger partial charge in [-0.15, -0.1) is 11.3 Å². The van der Waals surface area contributed by atoms with Crippen LogP contribution in [0.2, 0.25) is 0 Å². The lowest BCUT2D eigenvalue weighted by atomic mass is 9.99. The van der Waals surface area contributed by atoms with Gasteiger partial charge in [-0.3, -0.25) is 0 Å². The van der Waals surface area contributed by atoms with E-state index in [0.29, 0.717) is 11.4 Å². The molecule has 1 heterocycles. The molecule has 0 fully saturated rings. The lowest BCUT2D eigenvalue weighted by Crippen LogP contribution is -2.43. The minimum Gasteiger partial charge on any atom is -0.464 e. The summed E-state index contributed by atoms with van der Waals surface area (Å²) in [5, 5.41) is 12.4. The van der Waals surface area contributed by atoms with E-state index in [-0.39, 0.29) is 22.4 Å². The van der Waals surface area contributed by atoms with Crippen molar-refractivity contribution in [2.45, 2.75) is 57.9 Å². The molecule has 0 unspecified atom stereocenters. The van der Waals surface area contributed by atoms with Crippen LogP contribution in [-0.4, -0.2) is 38.2 Å². The molecule has 0 aromatic carbocycles. The van der Waals surface area contributed by atoms with Crippen LogP contribution in [0, 0.1) is 5.92 Å². The lowest BCUT2D eigenvalue weighted by molar-refractivity contribution is 0.0594. The van der Waals surface area contributed by atoms with Crippen LogP contribution >= 0.6 is 11.3 Å². The first kappa shape index (κ1) is 20.2. The maximum absolute atomic E-state index is 12.3. The topological polar surface area (TPSA) is 88.5 Å². The molecule has 0 saturated heterocycles. The molecular formula is C15H26N2O4S2. The van der Waals surface area contributed by atoms with E-state index in [4.69, 9.17) is 0 Å². The number of carbonyl (C=O) groups excluding carboxylic acids is 1. The molecule has 6 nitrogen and oxygen atoms in total. The van der Waals surface area contributed by atoms with E-state index in [1.807, 2.05) is 34.6 Å². The molecule has 23 heavy (non-hydrogen) atoms. The Morgan fingerprint density at radius 1 is 1.48 bits per heavy atom. The highest BCUT2D eigenvalue weighted by atomic mass is 32.2. The molecule has 0 spiro atoms. The molecule has 0 amide bonds. The van der Waals surface area contributed by atoms with Crippen molar-refractivity contribution in [2.75, 3.05) is 7.11 Å². The zero-order chi connectivity index (χ0) is 17.8. The van der Waals surface area contributed by atoms with E-state index in [1.165, 1.54) is 18.4 Å². The first-order chi connectivity index (χ1) is 10.6.